The number of fused-ring (bicyclic) bond motifs is 1. The first kappa shape index (κ1) is 14.2. The normalized spacial score (nSPS) is 29.7. The zero-order valence-corrected chi connectivity index (χ0v) is 12.1. The minimum atomic E-state index is -3.14. The van der Waals surface area contributed by atoms with Crippen LogP contribution >= 0.6 is 0 Å². The smallest absolute Gasteiger partial charge is 0.216 e. The van der Waals surface area contributed by atoms with Gasteiger partial charge in [0.2, 0.25) is 10.0 Å². The Balaban J connectivity index is 1.86. The maximum absolute atomic E-state index is 12.2. The fraction of sp³-hybridized carbons (Fsp3) is 1.00. The largest absolute Gasteiger partial charge is 0.378 e. The van der Waals surface area contributed by atoms with E-state index in [2.05, 4.69) is 5.32 Å². The Bertz CT molecular complexity index is 370. The van der Waals surface area contributed by atoms with E-state index >= 15 is 0 Å². The van der Waals surface area contributed by atoms with Crippen LogP contribution < -0.4 is 5.32 Å². The van der Waals surface area contributed by atoms with Crippen LogP contribution in [-0.2, 0) is 14.8 Å². The Labute approximate surface area is 110 Å². The second-order valence-corrected chi connectivity index (χ2v) is 7.65. The molecule has 0 radical (unpaired) electrons. The molecule has 5 nitrogen and oxygen atoms in total. The van der Waals surface area contributed by atoms with E-state index in [4.69, 9.17) is 4.74 Å². The summed E-state index contributed by atoms with van der Waals surface area (Å²) in [4.78, 5) is 0. The summed E-state index contributed by atoms with van der Waals surface area (Å²) in [5, 5.41) is 3.35. The van der Waals surface area contributed by atoms with Gasteiger partial charge < -0.3 is 10.1 Å². The van der Waals surface area contributed by atoms with Crippen molar-refractivity contribution in [1.29, 1.82) is 0 Å². The molecule has 0 saturated carbocycles. The molecule has 1 N–H and O–H groups in total. The molecule has 2 unspecified atom stereocenters. The Hall–Kier alpha value is -0.170. The zero-order valence-electron chi connectivity index (χ0n) is 11.3. The summed E-state index contributed by atoms with van der Waals surface area (Å²) in [6.07, 6.45) is 1.08. The Morgan fingerprint density at radius 1 is 1.33 bits per heavy atom. The molecule has 18 heavy (non-hydrogen) atoms. The third-order valence-electron chi connectivity index (χ3n) is 3.85. The quantitative estimate of drug-likeness (QED) is 0.784. The highest BCUT2D eigenvalue weighted by molar-refractivity contribution is 7.89. The highest BCUT2D eigenvalue weighted by Crippen LogP contribution is 2.27. The lowest BCUT2D eigenvalue weighted by Crippen LogP contribution is -2.44. The van der Waals surface area contributed by atoms with Crippen molar-refractivity contribution in [3.05, 3.63) is 0 Å². The summed E-state index contributed by atoms with van der Waals surface area (Å²) < 4.78 is 31.4. The lowest BCUT2D eigenvalue weighted by Gasteiger charge is -2.33. The molecule has 0 aliphatic carbocycles. The van der Waals surface area contributed by atoms with Gasteiger partial charge in [0.1, 0.15) is 0 Å². The van der Waals surface area contributed by atoms with Crippen molar-refractivity contribution in [3.63, 3.8) is 0 Å². The first-order chi connectivity index (χ1) is 8.49. The second-order valence-electron chi connectivity index (χ2n) is 5.56. The molecule has 0 bridgehead atoms. The number of hydrogen-bond acceptors (Lipinski definition) is 4. The van der Waals surface area contributed by atoms with Crippen LogP contribution in [0.15, 0.2) is 0 Å². The van der Waals surface area contributed by atoms with E-state index < -0.39 is 10.0 Å². The van der Waals surface area contributed by atoms with Crippen molar-refractivity contribution in [3.8, 4) is 0 Å². The van der Waals surface area contributed by atoms with E-state index in [-0.39, 0.29) is 11.9 Å². The lowest BCUT2D eigenvalue weighted by atomic mass is 9.90. The molecular formula is C12H24N2O3S. The van der Waals surface area contributed by atoms with Crippen molar-refractivity contribution >= 4 is 10.0 Å². The summed E-state index contributed by atoms with van der Waals surface area (Å²) in [6.45, 7) is 7.50. The summed E-state index contributed by atoms with van der Waals surface area (Å²) >= 11 is 0. The van der Waals surface area contributed by atoms with Gasteiger partial charge in [-0.25, -0.2) is 12.7 Å². The number of nitrogens with one attached hydrogen (secondary N) is 1. The Kier molecular flexibility index (Phi) is 4.64. The SMILES string of the molecule is CC(C)OCCS(=O)(=O)N1CCC2CNCC2C1. The van der Waals surface area contributed by atoms with E-state index in [9.17, 15) is 8.42 Å². The topological polar surface area (TPSA) is 58.6 Å². The van der Waals surface area contributed by atoms with Gasteiger partial charge in [-0.1, -0.05) is 0 Å². The molecule has 2 rings (SSSR count). The highest BCUT2D eigenvalue weighted by atomic mass is 32.2. The molecule has 0 aromatic heterocycles. The molecule has 2 atom stereocenters. The second kappa shape index (κ2) is 5.86. The predicted molar refractivity (Wildman–Crippen MR) is 70.9 cm³/mol. The molecule has 0 amide bonds. The van der Waals surface area contributed by atoms with E-state index in [1.54, 1.807) is 4.31 Å². The number of piperidine rings is 1. The zero-order chi connectivity index (χ0) is 13.2. The van der Waals surface area contributed by atoms with Crippen LogP contribution in [0.3, 0.4) is 0 Å². The first-order valence-corrected chi connectivity index (χ1v) is 8.40. The van der Waals surface area contributed by atoms with Gasteiger partial charge in [0, 0.05) is 13.1 Å². The molecule has 2 heterocycles. The summed E-state index contributed by atoms with van der Waals surface area (Å²) in [6, 6.07) is 0. The first-order valence-electron chi connectivity index (χ1n) is 6.79. The lowest BCUT2D eigenvalue weighted by molar-refractivity contribution is 0.0903. The standard InChI is InChI=1S/C12H24N2O3S/c1-10(2)17-5-6-18(15,16)14-4-3-11-7-13-8-12(11)9-14/h10-13H,3-9H2,1-2H3. The van der Waals surface area contributed by atoms with Gasteiger partial charge in [0.25, 0.3) is 0 Å². The van der Waals surface area contributed by atoms with Gasteiger partial charge in [-0.05, 0) is 45.2 Å². The molecule has 6 heteroatoms. The van der Waals surface area contributed by atoms with Gasteiger partial charge >= 0.3 is 0 Å². The molecular weight excluding hydrogens is 252 g/mol. The number of sulfonamides is 1. The summed E-state index contributed by atoms with van der Waals surface area (Å²) in [5.41, 5.74) is 0. The Morgan fingerprint density at radius 3 is 2.78 bits per heavy atom. The van der Waals surface area contributed by atoms with Crippen LogP contribution in [0.5, 0.6) is 0 Å². The van der Waals surface area contributed by atoms with Gasteiger partial charge in [-0.2, -0.15) is 0 Å². The van der Waals surface area contributed by atoms with Gasteiger partial charge in [0.05, 0.1) is 18.5 Å². The minimum absolute atomic E-state index is 0.0879. The van der Waals surface area contributed by atoms with E-state index in [1.165, 1.54) is 0 Å². The van der Waals surface area contributed by atoms with Gasteiger partial charge in [-0.3, -0.25) is 0 Å². The fourth-order valence-corrected chi connectivity index (χ4v) is 4.14. The molecule has 2 saturated heterocycles. The number of rotatable bonds is 5. The fourth-order valence-electron chi connectivity index (χ4n) is 2.77. The van der Waals surface area contributed by atoms with Gasteiger partial charge in [0.15, 0.2) is 0 Å². The average Bonchev–Trinajstić information content (AvgIpc) is 2.74. The van der Waals surface area contributed by atoms with Crippen molar-refractivity contribution in [1.82, 2.24) is 9.62 Å². The van der Waals surface area contributed by atoms with Crippen LogP contribution in [0.4, 0.5) is 0 Å². The van der Waals surface area contributed by atoms with Crippen LogP contribution in [0, 0.1) is 11.8 Å². The maximum Gasteiger partial charge on any atom is 0.216 e. The number of hydrogen-bond donors (Lipinski definition) is 1. The van der Waals surface area contributed by atoms with Gasteiger partial charge in [-0.15, -0.1) is 0 Å². The molecule has 106 valence electrons. The van der Waals surface area contributed by atoms with Crippen LogP contribution in [0.25, 0.3) is 0 Å². The maximum atomic E-state index is 12.2. The van der Waals surface area contributed by atoms with E-state index in [0.717, 1.165) is 19.5 Å². The highest BCUT2D eigenvalue weighted by Gasteiger charge is 2.36. The number of ether oxygens (including phenoxy) is 1. The Morgan fingerprint density at radius 2 is 2.06 bits per heavy atom. The van der Waals surface area contributed by atoms with Crippen LogP contribution in [0.1, 0.15) is 20.3 Å². The van der Waals surface area contributed by atoms with Crippen molar-refractivity contribution in [2.24, 2.45) is 11.8 Å². The average molecular weight is 276 g/mol. The van der Waals surface area contributed by atoms with E-state index in [1.807, 2.05) is 13.8 Å². The monoisotopic (exact) mass is 276 g/mol. The van der Waals surface area contributed by atoms with Crippen molar-refractivity contribution in [2.45, 2.75) is 26.4 Å². The molecule has 2 aliphatic heterocycles. The van der Waals surface area contributed by atoms with Crippen molar-refractivity contribution < 1.29 is 13.2 Å². The van der Waals surface area contributed by atoms with E-state index in [0.29, 0.717) is 31.5 Å². The summed E-state index contributed by atoms with van der Waals surface area (Å²) in [7, 11) is -3.14. The molecule has 0 aromatic rings. The third kappa shape index (κ3) is 3.44. The molecule has 2 fully saturated rings. The summed E-state index contributed by atoms with van der Waals surface area (Å²) in [5.74, 6) is 1.28. The number of nitrogens with zero attached hydrogens (tertiary/aromatic N) is 1. The minimum Gasteiger partial charge on any atom is -0.378 e. The molecule has 0 aromatic carbocycles. The van der Waals surface area contributed by atoms with Crippen LogP contribution in [0.2, 0.25) is 0 Å². The molecule has 2 aliphatic rings. The van der Waals surface area contributed by atoms with Crippen molar-refractivity contribution in [2.75, 3.05) is 38.5 Å². The molecule has 0 spiro atoms. The predicted octanol–water partition coefficient (Wildman–Crippen LogP) is 0.283. The van der Waals surface area contributed by atoms with Crippen LogP contribution in [-0.4, -0.2) is 57.4 Å². The third-order valence-corrected chi connectivity index (χ3v) is 5.65.